The third-order valence-electron chi connectivity index (χ3n) is 2.41. The first kappa shape index (κ1) is 14.3. The minimum Gasteiger partial charge on any atom is -0.356 e. The Balaban J connectivity index is 2.18. The van der Waals surface area contributed by atoms with Crippen molar-refractivity contribution in [3.63, 3.8) is 0 Å². The second-order valence-corrected chi connectivity index (χ2v) is 4.72. The Kier molecular flexibility index (Phi) is 7.06. The standard InChI is InChI=1S/C13H17Cl2NO/c14-8-2-1-3-9-16-13(17)10-11-4-6-12(15)7-5-11/h4-7H,1-3,8-10H2,(H,16,17). The lowest BCUT2D eigenvalue weighted by atomic mass is 10.1. The first-order valence-corrected chi connectivity index (χ1v) is 6.70. The van der Waals surface area contributed by atoms with Crippen molar-refractivity contribution in [2.45, 2.75) is 25.7 Å². The van der Waals surface area contributed by atoms with Gasteiger partial charge in [-0.05, 0) is 30.5 Å². The molecule has 1 aromatic carbocycles. The number of amides is 1. The molecule has 0 heterocycles. The van der Waals surface area contributed by atoms with E-state index in [-0.39, 0.29) is 5.91 Å². The lowest BCUT2D eigenvalue weighted by Gasteiger charge is -2.05. The van der Waals surface area contributed by atoms with E-state index in [4.69, 9.17) is 23.2 Å². The molecule has 0 atom stereocenters. The molecule has 0 aliphatic carbocycles. The van der Waals surface area contributed by atoms with Gasteiger partial charge in [0.15, 0.2) is 0 Å². The normalized spacial score (nSPS) is 10.2. The maximum atomic E-state index is 11.6. The zero-order valence-electron chi connectivity index (χ0n) is 9.72. The van der Waals surface area contributed by atoms with Gasteiger partial charge in [-0.3, -0.25) is 4.79 Å². The fourth-order valence-corrected chi connectivity index (χ4v) is 1.79. The SMILES string of the molecule is O=C(Cc1ccc(Cl)cc1)NCCCCCCl. The van der Waals surface area contributed by atoms with Crippen molar-refractivity contribution in [2.75, 3.05) is 12.4 Å². The largest absolute Gasteiger partial charge is 0.356 e. The first-order chi connectivity index (χ1) is 8.22. The molecule has 1 aromatic rings. The molecule has 0 bridgehead atoms. The Labute approximate surface area is 112 Å². The van der Waals surface area contributed by atoms with Crippen LogP contribution in [0.2, 0.25) is 5.02 Å². The Bertz CT molecular complexity index is 338. The third-order valence-corrected chi connectivity index (χ3v) is 2.93. The average molecular weight is 274 g/mol. The molecule has 0 aliphatic rings. The Morgan fingerprint density at radius 3 is 2.47 bits per heavy atom. The number of halogens is 2. The van der Waals surface area contributed by atoms with Gasteiger partial charge in [0.25, 0.3) is 0 Å². The smallest absolute Gasteiger partial charge is 0.224 e. The maximum absolute atomic E-state index is 11.6. The highest BCUT2D eigenvalue weighted by Crippen LogP contribution is 2.09. The van der Waals surface area contributed by atoms with Crippen molar-refractivity contribution in [1.29, 1.82) is 0 Å². The molecule has 1 N–H and O–H groups in total. The number of hydrogen-bond acceptors (Lipinski definition) is 1. The summed E-state index contributed by atoms with van der Waals surface area (Å²) in [5.74, 6) is 0.747. The van der Waals surface area contributed by atoms with E-state index in [0.29, 0.717) is 17.3 Å². The van der Waals surface area contributed by atoms with Crippen molar-refractivity contribution in [3.8, 4) is 0 Å². The van der Waals surface area contributed by atoms with Crippen LogP contribution in [0.3, 0.4) is 0 Å². The molecule has 94 valence electrons. The van der Waals surface area contributed by atoms with Gasteiger partial charge in [-0.2, -0.15) is 0 Å². The van der Waals surface area contributed by atoms with Crippen LogP contribution in [-0.4, -0.2) is 18.3 Å². The second kappa shape index (κ2) is 8.37. The lowest BCUT2D eigenvalue weighted by molar-refractivity contribution is -0.120. The summed E-state index contributed by atoms with van der Waals surface area (Å²) in [5.41, 5.74) is 0.979. The maximum Gasteiger partial charge on any atom is 0.224 e. The molecule has 4 heteroatoms. The number of benzene rings is 1. The van der Waals surface area contributed by atoms with E-state index < -0.39 is 0 Å². The van der Waals surface area contributed by atoms with E-state index in [1.165, 1.54) is 0 Å². The van der Waals surface area contributed by atoms with Gasteiger partial charge >= 0.3 is 0 Å². The molecule has 0 saturated heterocycles. The van der Waals surface area contributed by atoms with Crippen LogP contribution in [0.15, 0.2) is 24.3 Å². The predicted molar refractivity (Wildman–Crippen MR) is 72.7 cm³/mol. The van der Waals surface area contributed by atoms with Crippen LogP contribution in [0, 0.1) is 0 Å². The van der Waals surface area contributed by atoms with Gasteiger partial charge in [0, 0.05) is 17.4 Å². The first-order valence-electron chi connectivity index (χ1n) is 5.79. The van der Waals surface area contributed by atoms with Gasteiger partial charge in [-0.1, -0.05) is 30.2 Å². The molecule has 0 aromatic heterocycles. The molecule has 2 nitrogen and oxygen atoms in total. The Hall–Kier alpha value is -0.730. The number of rotatable bonds is 7. The van der Waals surface area contributed by atoms with E-state index in [1.54, 1.807) is 12.1 Å². The van der Waals surface area contributed by atoms with Gasteiger partial charge in [0.2, 0.25) is 5.91 Å². The monoisotopic (exact) mass is 273 g/mol. The molecule has 1 rings (SSSR count). The summed E-state index contributed by atoms with van der Waals surface area (Å²) in [5, 5.41) is 3.58. The molecule has 0 unspecified atom stereocenters. The average Bonchev–Trinajstić information content (AvgIpc) is 2.32. The molecular weight excluding hydrogens is 257 g/mol. The zero-order valence-corrected chi connectivity index (χ0v) is 11.2. The van der Waals surface area contributed by atoms with Crippen molar-refractivity contribution >= 4 is 29.1 Å². The summed E-state index contributed by atoms with van der Waals surface area (Å²) in [4.78, 5) is 11.6. The molecule has 1 amide bonds. The molecular formula is C13H17Cl2NO. The highest BCUT2D eigenvalue weighted by atomic mass is 35.5. The van der Waals surface area contributed by atoms with Gasteiger partial charge < -0.3 is 5.32 Å². The number of alkyl halides is 1. The minimum absolute atomic E-state index is 0.0539. The number of unbranched alkanes of at least 4 members (excludes halogenated alkanes) is 2. The topological polar surface area (TPSA) is 29.1 Å². The van der Waals surface area contributed by atoms with Crippen LogP contribution >= 0.6 is 23.2 Å². The highest BCUT2D eigenvalue weighted by molar-refractivity contribution is 6.30. The summed E-state index contributed by atoms with van der Waals surface area (Å²) in [6.07, 6.45) is 3.46. The summed E-state index contributed by atoms with van der Waals surface area (Å²) in [6, 6.07) is 7.33. The van der Waals surface area contributed by atoms with Crippen LogP contribution in [0.5, 0.6) is 0 Å². The Morgan fingerprint density at radius 2 is 1.82 bits per heavy atom. The van der Waals surface area contributed by atoms with Crippen LogP contribution < -0.4 is 5.32 Å². The van der Waals surface area contributed by atoms with Crippen molar-refractivity contribution in [1.82, 2.24) is 5.32 Å². The van der Waals surface area contributed by atoms with Crippen molar-refractivity contribution in [3.05, 3.63) is 34.9 Å². The molecule has 0 aliphatic heterocycles. The fraction of sp³-hybridized carbons (Fsp3) is 0.462. The number of carbonyl (C=O) groups excluding carboxylic acids is 1. The molecule has 0 fully saturated rings. The van der Waals surface area contributed by atoms with E-state index in [0.717, 1.165) is 31.4 Å². The molecule has 17 heavy (non-hydrogen) atoms. The Morgan fingerprint density at radius 1 is 1.12 bits per heavy atom. The zero-order chi connectivity index (χ0) is 12.5. The summed E-state index contributed by atoms with van der Waals surface area (Å²) >= 11 is 11.3. The van der Waals surface area contributed by atoms with Gasteiger partial charge in [0.1, 0.15) is 0 Å². The van der Waals surface area contributed by atoms with E-state index in [9.17, 15) is 4.79 Å². The summed E-state index contributed by atoms with van der Waals surface area (Å²) in [6.45, 7) is 0.726. The van der Waals surface area contributed by atoms with E-state index in [1.807, 2.05) is 12.1 Å². The minimum atomic E-state index is 0.0539. The van der Waals surface area contributed by atoms with Crippen LogP contribution in [0.1, 0.15) is 24.8 Å². The number of nitrogens with one attached hydrogen (secondary N) is 1. The van der Waals surface area contributed by atoms with Crippen LogP contribution in [0.4, 0.5) is 0 Å². The van der Waals surface area contributed by atoms with Crippen molar-refractivity contribution in [2.24, 2.45) is 0 Å². The van der Waals surface area contributed by atoms with E-state index >= 15 is 0 Å². The molecule has 0 saturated carbocycles. The third kappa shape index (κ3) is 6.54. The highest BCUT2D eigenvalue weighted by Gasteiger charge is 2.02. The second-order valence-electron chi connectivity index (χ2n) is 3.90. The van der Waals surface area contributed by atoms with Crippen LogP contribution in [-0.2, 0) is 11.2 Å². The number of hydrogen-bond donors (Lipinski definition) is 1. The van der Waals surface area contributed by atoms with Gasteiger partial charge in [-0.25, -0.2) is 0 Å². The summed E-state index contributed by atoms with van der Waals surface area (Å²) < 4.78 is 0. The molecule has 0 spiro atoms. The molecule has 0 radical (unpaired) electrons. The quantitative estimate of drug-likeness (QED) is 0.599. The fourth-order valence-electron chi connectivity index (χ4n) is 1.47. The van der Waals surface area contributed by atoms with Crippen LogP contribution in [0.25, 0.3) is 0 Å². The number of carbonyl (C=O) groups is 1. The van der Waals surface area contributed by atoms with Crippen molar-refractivity contribution < 1.29 is 4.79 Å². The van der Waals surface area contributed by atoms with Gasteiger partial charge in [0.05, 0.1) is 6.42 Å². The van der Waals surface area contributed by atoms with E-state index in [2.05, 4.69) is 5.32 Å². The van der Waals surface area contributed by atoms with Gasteiger partial charge in [-0.15, -0.1) is 11.6 Å². The summed E-state index contributed by atoms with van der Waals surface area (Å²) in [7, 11) is 0. The lowest BCUT2D eigenvalue weighted by Crippen LogP contribution is -2.26. The predicted octanol–water partition coefficient (Wildman–Crippen LogP) is 3.41.